The first-order valence-electron chi connectivity index (χ1n) is 12.5. The molecule has 0 amide bonds. The number of ether oxygens (including phenoxy) is 1. The van der Waals surface area contributed by atoms with E-state index in [0.717, 1.165) is 6.42 Å². The molecule has 1 saturated heterocycles. The average Bonchev–Trinajstić information content (AvgIpc) is 3.45. The summed E-state index contributed by atoms with van der Waals surface area (Å²) in [4.78, 5) is 0. The van der Waals surface area contributed by atoms with Gasteiger partial charge in [0.2, 0.25) is 0 Å². The molecule has 1 aliphatic heterocycles. The van der Waals surface area contributed by atoms with E-state index in [1.807, 2.05) is 0 Å². The smallest absolute Gasteiger partial charge is 0.145 e. The van der Waals surface area contributed by atoms with Gasteiger partial charge in [0, 0.05) is 0 Å². The average molecular weight is 395 g/mol. The largest absolute Gasteiger partial charge is 0.348 e. The minimum atomic E-state index is -0.195. The molecule has 2 atom stereocenters. The molecule has 2 aliphatic rings. The van der Waals surface area contributed by atoms with Crippen molar-refractivity contribution in [1.82, 2.24) is 0 Å². The predicted octanol–water partition coefficient (Wildman–Crippen LogP) is 8.65. The Labute approximate surface area is 179 Å². The molecule has 29 heavy (non-hydrogen) atoms. The van der Waals surface area contributed by atoms with Crippen LogP contribution in [-0.4, -0.2) is 5.60 Å². The van der Waals surface area contributed by atoms with Gasteiger partial charge in [-0.05, 0) is 24.1 Å². The molecule has 0 saturated carbocycles. The molecule has 0 bridgehead atoms. The van der Waals surface area contributed by atoms with Crippen LogP contribution < -0.4 is 0 Å². The van der Waals surface area contributed by atoms with Crippen LogP contribution >= 0.6 is 0 Å². The Bertz CT molecular complexity index is 631. The van der Waals surface area contributed by atoms with Crippen molar-refractivity contribution in [2.75, 3.05) is 0 Å². The summed E-state index contributed by atoms with van der Waals surface area (Å²) in [6, 6.07) is 10.7. The van der Waals surface area contributed by atoms with E-state index < -0.39 is 0 Å². The van der Waals surface area contributed by atoms with Gasteiger partial charge in [0.1, 0.15) is 11.2 Å². The summed E-state index contributed by atoms with van der Waals surface area (Å²) < 4.78 is 6.38. The molecule has 1 heterocycles. The summed E-state index contributed by atoms with van der Waals surface area (Å²) in [6.07, 6.45) is 29.7. The van der Waals surface area contributed by atoms with Gasteiger partial charge in [0.25, 0.3) is 0 Å². The molecule has 2 unspecified atom stereocenters. The van der Waals surface area contributed by atoms with Crippen molar-refractivity contribution >= 4 is 0 Å². The van der Waals surface area contributed by atoms with E-state index in [1.165, 1.54) is 95.5 Å². The molecule has 1 aliphatic carbocycles. The number of hydrogen-bond donors (Lipinski definition) is 0. The van der Waals surface area contributed by atoms with E-state index in [0.29, 0.717) is 0 Å². The fourth-order valence-electron chi connectivity index (χ4n) is 4.98. The Morgan fingerprint density at radius 3 is 1.72 bits per heavy atom. The maximum Gasteiger partial charge on any atom is 0.145 e. The number of hydrogen-bond acceptors (Lipinski definition) is 1. The zero-order valence-corrected chi connectivity index (χ0v) is 18.7. The van der Waals surface area contributed by atoms with Crippen molar-refractivity contribution in [3.63, 3.8) is 0 Å². The van der Waals surface area contributed by atoms with Gasteiger partial charge in [-0.3, -0.25) is 0 Å². The van der Waals surface area contributed by atoms with Crippen LogP contribution in [0.5, 0.6) is 0 Å². The summed E-state index contributed by atoms with van der Waals surface area (Å²) in [7, 11) is 0. The second-order valence-corrected chi connectivity index (χ2v) is 9.16. The highest BCUT2D eigenvalue weighted by Crippen LogP contribution is 2.61. The van der Waals surface area contributed by atoms with E-state index in [9.17, 15) is 0 Å². The van der Waals surface area contributed by atoms with Crippen LogP contribution in [0.25, 0.3) is 0 Å². The maximum atomic E-state index is 6.38. The van der Waals surface area contributed by atoms with Gasteiger partial charge in [-0.2, -0.15) is 0 Å². The molecule has 0 N–H and O–H groups in total. The summed E-state index contributed by atoms with van der Waals surface area (Å²) >= 11 is 0. The normalized spacial score (nSPS) is 24.6. The Morgan fingerprint density at radius 1 is 0.621 bits per heavy atom. The van der Waals surface area contributed by atoms with Crippen LogP contribution in [0.15, 0.2) is 54.6 Å². The van der Waals surface area contributed by atoms with Crippen molar-refractivity contribution in [1.29, 1.82) is 0 Å². The third-order valence-electron chi connectivity index (χ3n) is 6.84. The van der Waals surface area contributed by atoms with E-state index in [4.69, 9.17) is 4.74 Å². The minimum Gasteiger partial charge on any atom is -0.348 e. The van der Waals surface area contributed by atoms with Crippen molar-refractivity contribution < 1.29 is 4.74 Å². The quantitative estimate of drug-likeness (QED) is 0.202. The molecule has 160 valence electrons. The predicted molar refractivity (Wildman–Crippen MR) is 125 cm³/mol. The third-order valence-corrected chi connectivity index (χ3v) is 6.84. The van der Waals surface area contributed by atoms with Gasteiger partial charge >= 0.3 is 0 Å². The highest BCUT2D eigenvalue weighted by molar-refractivity contribution is 5.47. The zero-order chi connectivity index (χ0) is 20.3. The van der Waals surface area contributed by atoms with E-state index in [2.05, 4.69) is 61.6 Å². The molecular formula is C28H42O. The molecule has 3 rings (SSSR count). The lowest BCUT2D eigenvalue weighted by Gasteiger charge is -2.17. The fourth-order valence-corrected chi connectivity index (χ4v) is 4.98. The summed E-state index contributed by atoms with van der Waals surface area (Å²) in [5.41, 5.74) is 1.02. The zero-order valence-electron chi connectivity index (χ0n) is 18.7. The SMILES string of the molecule is CCCCCCCCCCCCCCCCC12C=CC=CC1(c1ccccc1)O2. The van der Waals surface area contributed by atoms with Crippen LogP contribution in [0.4, 0.5) is 0 Å². The Hall–Kier alpha value is -1.34. The molecular weight excluding hydrogens is 352 g/mol. The Balaban J connectivity index is 1.21. The monoisotopic (exact) mass is 394 g/mol. The minimum absolute atomic E-state index is 0.0831. The highest BCUT2D eigenvalue weighted by atomic mass is 16.6. The van der Waals surface area contributed by atoms with Crippen LogP contribution in [0.3, 0.4) is 0 Å². The number of epoxide rings is 1. The van der Waals surface area contributed by atoms with Gasteiger partial charge < -0.3 is 4.74 Å². The van der Waals surface area contributed by atoms with Crippen molar-refractivity contribution in [2.45, 2.75) is 114 Å². The van der Waals surface area contributed by atoms with Crippen LogP contribution in [0.1, 0.15) is 109 Å². The number of allylic oxidation sites excluding steroid dienone is 2. The summed E-state index contributed by atoms with van der Waals surface area (Å²) in [5.74, 6) is 0. The van der Waals surface area contributed by atoms with Gasteiger partial charge in [-0.25, -0.2) is 0 Å². The fraction of sp³-hybridized carbons (Fsp3) is 0.643. The van der Waals surface area contributed by atoms with Crippen molar-refractivity contribution in [2.24, 2.45) is 0 Å². The Morgan fingerprint density at radius 2 is 1.14 bits per heavy atom. The molecule has 0 radical (unpaired) electrons. The Kier molecular flexibility index (Phi) is 9.05. The number of fused-ring (bicyclic) bond motifs is 1. The van der Waals surface area contributed by atoms with Gasteiger partial charge in [-0.1, -0.05) is 139 Å². The number of unbranched alkanes of at least 4 members (excludes halogenated alkanes) is 13. The first-order valence-corrected chi connectivity index (χ1v) is 12.5. The molecule has 1 aromatic carbocycles. The van der Waals surface area contributed by atoms with E-state index >= 15 is 0 Å². The lowest BCUT2D eigenvalue weighted by molar-refractivity contribution is 0.295. The van der Waals surface area contributed by atoms with Crippen LogP contribution in [0.2, 0.25) is 0 Å². The molecule has 1 nitrogen and oxygen atoms in total. The number of benzene rings is 1. The van der Waals surface area contributed by atoms with Gasteiger partial charge in [0.15, 0.2) is 0 Å². The van der Waals surface area contributed by atoms with Crippen molar-refractivity contribution in [3.8, 4) is 0 Å². The van der Waals surface area contributed by atoms with E-state index in [1.54, 1.807) is 0 Å². The third kappa shape index (κ3) is 6.07. The first kappa shape index (κ1) is 22.3. The standard InChI is InChI=1S/C28H42O/c1-2-3-4-5-6-7-8-9-10-11-12-13-14-18-23-27-24-19-20-25-28(27,29-27)26-21-16-15-17-22-26/h15-17,19-22,24-25H,2-14,18,23H2,1H3. The van der Waals surface area contributed by atoms with Crippen LogP contribution in [0, 0.1) is 0 Å². The topological polar surface area (TPSA) is 12.5 Å². The molecule has 1 heteroatoms. The molecule has 0 aromatic heterocycles. The van der Waals surface area contributed by atoms with Gasteiger partial charge in [0.05, 0.1) is 0 Å². The summed E-state index contributed by atoms with van der Waals surface area (Å²) in [5, 5.41) is 0. The lowest BCUT2D eigenvalue weighted by atomic mass is 9.80. The first-order chi connectivity index (χ1) is 14.3. The molecule has 1 fully saturated rings. The number of rotatable bonds is 16. The maximum absolute atomic E-state index is 6.38. The highest BCUT2D eigenvalue weighted by Gasteiger charge is 2.67. The second kappa shape index (κ2) is 11.7. The lowest BCUT2D eigenvalue weighted by Crippen LogP contribution is -2.22. The summed E-state index contributed by atoms with van der Waals surface area (Å²) in [6.45, 7) is 2.29. The van der Waals surface area contributed by atoms with Crippen LogP contribution in [-0.2, 0) is 10.3 Å². The van der Waals surface area contributed by atoms with E-state index in [-0.39, 0.29) is 11.2 Å². The van der Waals surface area contributed by atoms with Crippen molar-refractivity contribution in [3.05, 3.63) is 60.2 Å². The molecule has 1 aromatic rings. The van der Waals surface area contributed by atoms with Gasteiger partial charge in [-0.15, -0.1) is 0 Å². The molecule has 0 spiro atoms. The second-order valence-electron chi connectivity index (χ2n) is 9.16.